The number of hydrogen-bond acceptors (Lipinski definition) is 3. The highest BCUT2D eigenvalue weighted by atomic mass is 19.3. The van der Waals surface area contributed by atoms with Crippen LogP contribution < -0.4 is 20.3 Å². The first-order chi connectivity index (χ1) is 13.2. The van der Waals surface area contributed by atoms with Gasteiger partial charge in [-0.15, -0.1) is 0 Å². The van der Waals surface area contributed by atoms with Crippen molar-refractivity contribution in [3.8, 4) is 5.75 Å². The minimum Gasteiger partial charge on any atom is -0.435 e. The Hall–Kier alpha value is -3.00. The van der Waals surface area contributed by atoms with E-state index in [0.29, 0.717) is 10.6 Å². The molecule has 28 heavy (non-hydrogen) atoms. The van der Waals surface area contributed by atoms with E-state index in [1.165, 1.54) is 24.3 Å². The van der Waals surface area contributed by atoms with Crippen LogP contribution in [0.3, 0.4) is 0 Å². The molecule has 1 atom stereocenters. The maximum atomic E-state index is 12.3. The number of aryl methyl sites for hydroxylation is 2. The molecule has 0 fully saturated rings. The molecule has 0 saturated carbocycles. The molecule has 2 aromatic carbocycles. The summed E-state index contributed by atoms with van der Waals surface area (Å²) in [6.45, 7) is 1.15. The number of benzene rings is 2. The van der Waals surface area contributed by atoms with Crippen LogP contribution in [0.2, 0.25) is 0 Å². The summed E-state index contributed by atoms with van der Waals surface area (Å²) < 4.78 is 28.5. The van der Waals surface area contributed by atoms with Crippen molar-refractivity contribution in [2.24, 2.45) is 0 Å². The lowest BCUT2D eigenvalue weighted by molar-refractivity contribution is -0.862. The highest BCUT2D eigenvalue weighted by Gasteiger charge is 2.16. The van der Waals surface area contributed by atoms with E-state index >= 15 is 0 Å². The van der Waals surface area contributed by atoms with Crippen LogP contribution >= 0.6 is 0 Å². The molecule has 3 N–H and O–H groups in total. The minimum absolute atomic E-state index is 0.0129. The number of rotatable bonds is 8. The van der Waals surface area contributed by atoms with E-state index in [1.54, 1.807) is 7.05 Å². The van der Waals surface area contributed by atoms with Crippen LogP contribution in [-0.4, -0.2) is 38.6 Å². The van der Waals surface area contributed by atoms with Crippen molar-refractivity contribution >= 4 is 23.2 Å². The summed E-state index contributed by atoms with van der Waals surface area (Å²) >= 11 is 0. The van der Waals surface area contributed by atoms with Gasteiger partial charge < -0.3 is 20.3 Å². The summed E-state index contributed by atoms with van der Waals surface area (Å²) in [4.78, 5) is 25.1. The largest absolute Gasteiger partial charge is 0.435 e. The van der Waals surface area contributed by atoms with Crippen molar-refractivity contribution in [3.05, 3.63) is 53.6 Å². The van der Waals surface area contributed by atoms with Crippen LogP contribution in [0.15, 0.2) is 42.5 Å². The zero-order valence-corrected chi connectivity index (χ0v) is 16.0. The Kier molecular flexibility index (Phi) is 7.45. The Morgan fingerprint density at radius 2 is 1.50 bits per heavy atom. The molecule has 0 bridgehead atoms. The Bertz CT molecular complexity index is 806. The first-order valence-corrected chi connectivity index (χ1v) is 8.76. The maximum Gasteiger partial charge on any atom is 0.387 e. The number of carbonyl (C=O) groups excluding carboxylic acids is 2. The third-order valence-electron chi connectivity index (χ3n) is 4.03. The Labute approximate surface area is 162 Å². The van der Waals surface area contributed by atoms with Gasteiger partial charge in [0.15, 0.2) is 13.1 Å². The zero-order valence-electron chi connectivity index (χ0n) is 16.0. The van der Waals surface area contributed by atoms with Crippen molar-refractivity contribution in [1.29, 1.82) is 0 Å². The van der Waals surface area contributed by atoms with Crippen LogP contribution in [0.1, 0.15) is 11.1 Å². The number of hydrogen-bond donors (Lipinski definition) is 3. The topological polar surface area (TPSA) is 71.9 Å². The minimum atomic E-state index is -2.90. The number of nitrogens with one attached hydrogen (secondary N) is 3. The molecule has 150 valence electrons. The van der Waals surface area contributed by atoms with Gasteiger partial charge in [0.05, 0.1) is 7.05 Å². The van der Waals surface area contributed by atoms with E-state index < -0.39 is 6.61 Å². The molecule has 0 saturated heterocycles. The molecule has 2 amide bonds. The quantitative estimate of drug-likeness (QED) is 0.644. The molecule has 1 unspecified atom stereocenters. The summed E-state index contributed by atoms with van der Waals surface area (Å²) in [5.74, 6) is -0.463. The lowest BCUT2D eigenvalue weighted by Gasteiger charge is -2.15. The fourth-order valence-electron chi connectivity index (χ4n) is 2.73. The second-order valence-corrected chi connectivity index (χ2v) is 6.58. The number of anilines is 2. The molecule has 0 radical (unpaired) electrons. The van der Waals surface area contributed by atoms with Gasteiger partial charge in [-0.05, 0) is 49.2 Å². The van der Waals surface area contributed by atoms with Gasteiger partial charge >= 0.3 is 6.61 Å². The summed E-state index contributed by atoms with van der Waals surface area (Å²) in [5, 5.41) is 5.55. The highest BCUT2D eigenvalue weighted by Crippen LogP contribution is 2.19. The lowest BCUT2D eigenvalue weighted by Crippen LogP contribution is -3.11. The Balaban J connectivity index is 1.82. The van der Waals surface area contributed by atoms with Crippen molar-refractivity contribution < 1.29 is 28.0 Å². The van der Waals surface area contributed by atoms with Gasteiger partial charge in [-0.25, -0.2) is 0 Å². The standard InChI is InChI=1S/C20H23F2N3O3/c1-13-5-4-6-14(2)19(13)24-18(27)12-25(3)11-17(26)23-15-7-9-16(10-8-15)28-20(21)22/h4-10,20H,11-12H2,1-3H3,(H,23,26)(H,24,27)/p+1. The molecule has 2 rings (SSSR count). The smallest absolute Gasteiger partial charge is 0.387 e. The molecular weight excluding hydrogens is 368 g/mol. The Morgan fingerprint density at radius 3 is 2.04 bits per heavy atom. The fourth-order valence-corrected chi connectivity index (χ4v) is 2.73. The predicted molar refractivity (Wildman–Crippen MR) is 103 cm³/mol. The number of quaternary nitrogens is 1. The number of para-hydroxylation sites is 1. The first-order valence-electron chi connectivity index (χ1n) is 8.76. The van der Waals surface area contributed by atoms with E-state index in [1.807, 2.05) is 32.0 Å². The van der Waals surface area contributed by atoms with E-state index in [-0.39, 0.29) is 30.7 Å². The molecule has 0 aliphatic carbocycles. The van der Waals surface area contributed by atoms with Gasteiger partial charge in [0, 0.05) is 11.4 Å². The van der Waals surface area contributed by atoms with Crippen LogP contribution in [0, 0.1) is 13.8 Å². The number of ether oxygens (including phenoxy) is 1. The van der Waals surface area contributed by atoms with Crippen LogP contribution in [0.5, 0.6) is 5.75 Å². The third-order valence-corrected chi connectivity index (χ3v) is 4.03. The summed E-state index contributed by atoms with van der Waals surface area (Å²) in [6, 6.07) is 11.4. The van der Waals surface area contributed by atoms with Crippen molar-refractivity contribution in [3.63, 3.8) is 0 Å². The van der Waals surface area contributed by atoms with Crippen LogP contribution in [0.25, 0.3) is 0 Å². The van der Waals surface area contributed by atoms with Gasteiger partial charge in [-0.1, -0.05) is 18.2 Å². The number of likely N-dealkylation sites (N-methyl/N-ethyl adjacent to an activating group) is 1. The fraction of sp³-hybridized carbons (Fsp3) is 0.300. The van der Waals surface area contributed by atoms with Crippen LogP contribution in [0.4, 0.5) is 20.2 Å². The molecule has 2 aromatic rings. The lowest BCUT2D eigenvalue weighted by atomic mass is 10.1. The highest BCUT2D eigenvalue weighted by molar-refractivity contribution is 5.94. The first kappa shape index (κ1) is 21.3. The second-order valence-electron chi connectivity index (χ2n) is 6.58. The molecule has 0 aliphatic heterocycles. The van der Waals surface area contributed by atoms with Gasteiger partial charge in [-0.2, -0.15) is 8.78 Å². The van der Waals surface area contributed by atoms with Gasteiger partial charge in [0.2, 0.25) is 0 Å². The molecule has 6 nitrogen and oxygen atoms in total. The summed E-state index contributed by atoms with van der Waals surface area (Å²) in [6.07, 6.45) is 0. The molecular formula is C20H24F2N3O3+. The molecule has 0 spiro atoms. The molecule has 8 heteroatoms. The number of amides is 2. The number of carbonyl (C=O) groups is 2. The monoisotopic (exact) mass is 392 g/mol. The Morgan fingerprint density at radius 1 is 0.964 bits per heavy atom. The number of alkyl halides is 2. The maximum absolute atomic E-state index is 12.3. The zero-order chi connectivity index (χ0) is 20.7. The van der Waals surface area contributed by atoms with Gasteiger partial charge in [0.25, 0.3) is 11.8 Å². The van der Waals surface area contributed by atoms with Gasteiger partial charge in [0.1, 0.15) is 5.75 Å². The average Bonchev–Trinajstić information content (AvgIpc) is 2.59. The molecule has 0 aromatic heterocycles. The van der Waals surface area contributed by atoms with E-state index in [9.17, 15) is 18.4 Å². The summed E-state index contributed by atoms with van der Waals surface area (Å²) in [5.41, 5.74) is 3.20. The van der Waals surface area contributed by atoms with E-state index in [4.69, 9.17) is 0 Å². The van der Waals surface area contributed by atoms with Gasteiger partial charge in [-0.3, -0.25) is 9.59 Å². The van der Waals surface area contributed by atoms with Crippen molar-refractivity contribution in [1.82, 2.24) is 0 Å². The third kappa shape index (κ3) is 6.62. The normalized spacial score (nSPS) is 11.8. The predicted octanol–water partition coefficient (Wildman–Crippen LogP) is 2.00. The SMILES string of the molecule is Cc1cccc(C)c1NC(=O)C[NH+](C)CC(=O)Nc1ccc(OC(F)F)cc1. The average molecular weight is 392 g/mol. The summed E-state index contributed by atoms with van der Waals surface area (Å²) in [7, 11) is 1.74. The van der Waals surface area contributed by atoms with Crippen molar-refractivity contribution in [2.45, 2.75) is 20.5 Å². The van der Waals surface area contributed by atoms with Crippen LogP contribution in [-0.2, 0) is 9.59 Å². The molecule has 0 aliphatic rings. The van der Waals surface area contributed by atoms with E-state index in [2.05, 4.69) is 15.4 Å². The second kappa shape index (κ2) is 9.80. The van der Waals surface area contributed by atoms with Crippen molar-refractivity contribution in [2.75, 3.05) is 30.8 Å². The number of halogens is 2. The van der Waals surface area contributed by atoms with E-state index in [0.717, 1.165) is 16.8 Å². The molecule has 0 heterocycles.